The van der Waals surface area contributed by atoms with Crippen LogP contribution in [0.2, 0.25) is 0 Å². The van der Waals surface area contributed by atoms with Crippen molar-refractivity contribution in [2.45, 2.75) is 62.7 Å². The molecule has 3 saturated heterocycles. The van der Waals surface area contributed by atoms with Gasteiger partial charge in [0, 0.05) is 51.0 Å². The van der Waals surface area contributed by atoms with Crippen LogP contribution in [0.25, 0.3) is 0 Å². The van der Waals surface area contributed by atoms with Crippen molar-refractivity contribution in [3.05, 3.63) is 42.6 Å². The van der Waals surface area contributed by atoms with Gasteiger partial charge < -0.3 is 28.9 Å². The number of anilines is 2. The summed E-state index contributed by atoms with van der Waals surface area (Å²) < 4.78 is 18.0. The molecule has 0 amide bonds. The summed E-state index contributed by atoms with van der Waals surface area (Å²) in [7, 11) is 1.68. The lowest BCUT2D eigenvalue weighted by molar-refractivity contribution is -0.0706. The van der Waals surface area contributed by atoms with E-state index in [0.717, 1.165) is 81.8 Å². The molecule has 0 unspecified atom stereocenters. The minimum absolute atomic E-state index is 0.0895. The molecule has 4 aliphatic rings. The number of methoxy groups -OCH3 is 1. The number of benzene rings is 1. The van der Waals surface area contributed by atoms with Crippen LogP contribution in [-0.4, -0.2) is 80.6 Å². The lowest BCUT2D eigenvalue weighted by Crippen LogP contribution is -2.57. The Morgan fingerprint density at radius 2 is 1.61 bits per heavy atom. The van der Waals surface area contributed by atoms with Gasteiger partial charge in [0.25, 0.3) is 0 Å². The van der Waals surface area contributed by atoms with Gasteiger partial charge in [-0.2, -0.15) is 0 Å². The van der Waals surface area contributed by atoms with Gasteiger partial charge in [-0.3, -0.25) is 0 Å². The Labute approximate surface area is 215 Å². The van der Waals surface area contributed by atoms with Crippen LogP contribution in [0, 0.1) is 0 Å². The molecule has 0 radical (unpaired) electrons. The first-order valence-electron chi connectivity index (χ1n) is 13.8. The van der Waals surface area contributed by atoms with E-state index in [0.29, 0.717) is 6.10 Å². The van der Waals surface area contributed by atoms with Crippen molar-refractivity contribution in [1.82, 2.24) is 9.88 Å². The summed E-state index contributed by atoms with van der Waals surface area (Å²) in [4.78, 5) is 12.1. The van der Waals surface area contributed by atoms with E-state index in [4.69, 9.17) is 14.2 Å². The van der Waals surface area contributed by atoms with Gasteiger partial charge >= 0.3 is 0 Å². The monoisotopic (exact) mass is 492 g/mol. The third-order valence-electron chi connectivity index (χ3n) is 8.78. The largest absolute Gasteiger partial charge is 0.495 e. The topological polar surface area (TPSA) is 50.3 Å². The normalized spacial score (nSPS) is 23.5. The number of morpholine rings is 1. The zero-order valence-electron chi connectivity index (χ0n) is 21.6. The first-order chi connectivity index (χ1) is 17.7. The average Bonchev–Trinajstić information content (AvgIpc) is 2.90. The van der Waals surface area contributed by atoms with Crippen molar-refractivity contribution >= 4 is 11.5 Å². The van der Waals surface area contributed by atoms with E-state index in [1.165, 1.54) is 38.0 Å². The minimum Gasteiger partial charge on any atom is -0.495 e. The van der Waals surface area contributed by atoms with E-state index in [2.05, 4.69) is 43.9 Å². The number of nitrogens with zero attached hydrogens (tertiary/aromatic N) is 4. The van der Waals surface area contributed by atoms with Crippen LogP contribution in [0.15, 0.2) is 42.6 Å². The molecule has 2 aromatic rings. The summed E-state index contributed by atoms with van der Waals surface area (Å²) >= 11 is 0. The van der Waals surface area contributed by atoms with E-state index in [1.54, 1.807) is 13.3 Å². The molecule has 194 valence electrons. The van der Waals surface area contributed by atoms with Gasteiger partial charge in [-0.05, 0) is 74.9 Å². The summed E-state index contributed by atoms with van der Waals surface area (Å²) in [5, 5.41) is 0. The number of likely N-dealkylation sites (tertiary alicyclic amines) is 1. The number of rotatable bonds is 6. The minimum atomic E-state index is -0.0895. The van der Waals surface area contributed by atoms with Crippen molar-refractivity contribution in [2.24, 2.45) is 0 Å². The van der Waals surface area contributed by atoms with Gasteiger partial charge in [0.2, 0.25) is 0 Å². The molecular weight excluding hydrogens is 452 g/mol. The third-order valence-corrected chi connectivity index (χ3v) is 8.78. The Hall–Kier alpha value is -2.51. The highest BCUT2D eigenvalue weighted by molar-refractivity contribution is 5.50. The second-order valence-corrected chi connectivity index (χ2v) is 10.9. The molecule has 4 fully saturated rings. The average molecular weight is 493 g/mol. The van der Waals surface area contributed by atoms with E-state index >= 15 is 0 Å². The SMILES string of the molecule is COc1ccc(N2CCOC3(CCN(c4ccc(OC5CCN(C6CCC6)CC5)cc4)CC3)C2)nc1. The van der Waals surface area contributed by atoms with Crippen molar-refractivity contribution in [1.29, 1.82) is 0 Å². The fourth-order valence-electron chi connectivity index (χ4n) is 6.23. The molecular formula is C29H40N4O3. The highest BCUT2D eigenvalue weighted by Crippen LogP contribution is 2.34. The Balaban J connectivity index is 0.997. The van der Waals surface area contributed by atoms with Gasteiger partial charge in [-0.1, -0.05) is 6.42 Å². The number of pyridine rings is 1. The zero-order chi connectivity index (χ0) is 24.4. The van der Waals surface area contributed by atoms with Gasteiger partial charge in [0.05, 0.1) is 25.5 Å². The van der Waals surface area contributed by atoms with Crippen LogP contribution in [-0.2, 0) is 4.74 Å². The first kappa shape index (κ1) is 23.9. The molecule has 0 atom stereocenters. The molecule has 36 heavy (non-hydrogen) atoms. The van der Waals surface area contributed by atoms with Crippen LogP contribution < -0.4 is 19.3 Å². The maximum absolute atomic E-state index is 6.38. The first-order valence-corrected chi connectivity index (χ1v) is 13.8. The number of hydrogen-bond donors (Lipinski definition) is 0. The molecule has 1 saturated carbocycles. The van der Waals surface area contributed by atoms with Crippen LogP contribution in [0.3, 0.4) is 0 Å². The Morgan fingerprint density at radius 3 is 2.25 bits per heavy atom. The van der Waals surface area contributed by atoms with E-state index in [9.17, 15) is 0 Å². The van der Waals surface area contributed by atoms with Crippen LogP contribution in [0.5, 0.6) is 11.5 Å². The molecule has 4 heterocycles. The molecule has 7 nitrogen and oxygen atoms in total. The van der Waals surface area contributed by atoms with Gasteiger partial charge in [0.1, 0.15) is 23.4 Å². The molecule has 3 aliphatic heterocycles. The van der Waals surface area contributed by atoms with E-state index in [-0.39, 0.29) is 5.60 Å². The molecule has 1 aromatic carbocycles. The second kappa shape index (κ2) is 10.5. The third kappa shape index (κ3) is 5.14. The molecule has 0 N–H and O–H groups in total. The number of hydrogen-bond acceptors (Lipinski definition) is 7. The molecule has 6 rings (SSSR count). The Kier molecular flexibility index (Phi) is 6.94. The summed E-state index contributed by atoms with van der Waals surface area (Å²) in [6, 6.07) is 13.7. The van der Waals surface area contributed by atoms with Crippen molar-refractivity contribution in [3.63, 3.8) is 0 Å². The highest BCUT2D eigenvalue weighted by Gasteiger charge is 2.40. The highest BCUT2D eigenvalue weighted by atomic mass is 16.5. The molecule has 1 aliphatic carbocycles. The zero-order valence-corrected chi connectivity index (χ0v) is 21.6. The summed E-state index contributed by atoms with van der Waals surface area (Å²) in [5.41, 5.74) is 1.19. The number of ether oxygens (including phenoxy) is 3. The van der Waals surface area contributed by atoms with E-state index in [1.807, 2.05) is 12.1 Å². The predicted octanol–water partition coefficient (Wildman–Crippen LogP) is 4.36. The van der Waals surface area contributed by atoms with Gasteiger partial charge in [0.15, 0.2) is 0 Å². The molecule has 1 aromatic heterocycles. The maximum Gasteiger partial charge on any atom is 0.137 e. The fourth-order valence-corrected chi connectivity index (χ4v) is 6.23. The van der Waals surface area contributed by atoms with Gasteiger partial charge in [-0.25, -0.2) is 4.98 Å². The molecule has 7 heteroatoms. The summed E-state index contributed by atoms with van der Waals surface area (Å²) in [5.74, 6) is 2.80. The maximum atomic E-state index is 6.38. The van der Waals surface area contributed by atoms with Crippen LogP contribution in [0.1, 0.15) is 44.9 Å². The molecule has 1 spiro atoms. The summed E-state index contributed by atoms with van der Waals surface area (Å²) in [6.07, 6.45) is 10.7. The lowest BCUT2D eigenvalue weighted by atomic mass is 9.89. The van der Waals surface area contributed by atoms with Gasteiger partial charge in [-0.15, -0.1) is 0 Å². The van der Waals surface area contributed by atoms with Crippen molar-refractivity contribution < 1.29 is 14.2 Å². The van der Waals surface area contributed by atoms with Crippen molar-refractivity contribution in [2.75, 3.05) is 62.8 Å². The quantitative estimate of drug-likeness (QED) is 0.594. The number of piperidine rings is 2. The number of aromatic nitrogens is 1. The predicted molar refractivity (Wildman–Crippen MR) is 142 cm³/mol. The lowest BCUT2D eigenvalue weighted by Gasteiger charge is -2.48. The second-order valence-electron chi connectivity index (χ2n) is 10.9. The van der Waals surface area contributed by atoms with Crippen molar-refractivity contribution in [3.8, 4) is 11.5 Å². The Morgan fingerprint density at radius 1 is 0.861 bits per heavy atom. The molecule has 0 bridgehead atoms. The standard InChI is InChI=1S/C29H40N4O3/c1-34-27-9-10-28(30-21-27)33-19-20-35-29(22-33)13-17-32(18-14-29)24-5-7-25(8-6-24)36-26-11-15-31(16-12-26)23-3-2-4-23/h5-10,21,23,26H,2-4,11-20,22H2,1H3. The van der Waals surface area contributed by atoms with E-state index < -0.39 is 0 Å². The summed E-state index contributed by atoms with van der Waals surface area (Å²) in [6.45, 7) is 6.92. The Bertz CT molecular complexity index is 979. The fraction of sp³-hybridized carbons (Fsp3) is 0.621. The smallest absolute Gasteiger partial charge is 0.137 e. The van der Waals surface area contributed by atoms with Crippen LogP contribution >= 0.6 is 0 Å². The van der Waals surface area contributed by atoms with Crippen LogP contribution in [0.4, 0.5) is 11.5 Å².